The fraction of sp³-hybridized carbons (Fsp3) is 0.200. The lowest BCUT2D eigenvalue weighted by atomic mass is 9.96. The van der Waals surface area contributed by atoms with E-state index in [2.05, 4.69) is 168 Å². The van der Waals surface area contributed by atoms with Crippen LogP contribution in [0.3, 0.4) is 0 Å². The molecule has 0 aliphatic heterocycles. The van der Waals surface area contributed by atoms with Crippen LogP contribution in [0, 0.1) is 27.7 Å². The van der Waals surface area contributed by atoms with Gasteiger partial charge in [0.2, 0.25) is 0 Å². The van der Waals surface area contributed by atoms with E-state index >= 15 is 0 Å². The zero-order valence-electron chi connectivity index (χ0n) is 25.6. The summed E-state index contributed by atoms with van der Waals surface area (Å²) in [5, 5.41) is 8.07. The second-order valence-corrected chi connectivity index (χ2v) is 14.0. The molecule has 0 aliphatic carbocycles. The Balaban J connectivity index is 1.65. The largest absolute Gasteiger partial charge is 0.261 e. The first-order chi connectivity index (χ1) is 20.3. The van der Waals surface area contributed by atoms with E-state index in [1.165, 1.54) is 65.5 Å². The van der Waals surface area contributed by atoms with Gasteiger partial charge < -0.3 is 0 Å². The molecule has 0 aliphatic rings. The van der Waals surface area contributed by atoms with Gasteiger partial charge in [0.1, 0.15) is 0 Å². The summed E-state index contributed by atoms with van der Waals surface area (Å²) in [7, 11) is -0.883. The lowest BCUT2D eigenvalue weighted by molar-refractivity contribution is 0.306. The molecule has 0 saturated carbocycles. The highest BCUT2D eigenvalue weighted by Gasteiger charge is 2.34. The zero-order chi connectivity index (χ0) is 29.4. The summed E-state index contributed by atoms with van der Waals surface area (Å²) in [6.07, 6.45) is 0. The van der Waals surface area contributed by atoms with Crippen molar-refractivity contribution < 1.29 is 0 Å². The van der Waals surface area contributed by atoms with Crippen LogP contribution in [0.4, 0.5) is 0 Å². The van der Waals surface area contributed by atoms with Crippen LogP contribution in [0.25, 0.3) is 21.5 Å². The molecule has 6 rings (SSSR count). The van der Waals surface area contributed by atoms with Gasteiger partial charge in [0, 0.05) is 20.2 Å². The molecule has 42 heavy (non-hydrogen) atoms. The first kappa shape index (κ1) is 28.4. The van der Waals surface area contributed by atoms with Crippen LogP contribution < -0.4 is 10.6 Å². The maximum absolute atomic E-state index is 2.83. The van der Waals surface area contributed by atoms with Gasteiger partial charge in [-0.25, -0.2) is 0 Å². The molecule has 1 nitrogen and oxygen atoms in total. The molecule has 2 atom stereocenters. The van der Waals surface area contributed by atoms with Crippen molar-refractivity contribution in [2.75, 3.05) is 0 Å². The Bertz CT molecular complexity index is 1700. The number of rotatable bonds is 7. The topological polar surface area (TPSA) is 3.24 Å². The number of hydrogen-bond donors (Lipinski definition) is 0. The fourth-order valence-electron chi connectivity index (χ4n) is 6.76. The average Bonchev–Trinajstić information content (AvgIpc) is 2.97. The second kappa shape index (κ2) is 11.8. The Morgan fingerprint density at radius 1 is 0.452 bits per heavy atom. The number of hydrogen-bond acceptors (Lipinski definition) is 1. The molecule has 0 saturated heterocycles. The number of nitrogens with zero attached hydrogens (tertiary/aromatic N) is 1. The summed E-state index contributed by atoms with van der Waals surface area (Å²) in [4.78, 5) is 0. The molecule has 6 aromatic carbocycles. The van der Waals surface area contributed by atoms with Crippen molar-refractivity contribution in [1.29, 1.82) is 0 Å². The van der Waals surface area contributed by atoms with Gasteiger partial charge in [-0.1, -0.05) is 119 Å². The molecule has 0 spiro atoms. The van der Waals surface area contributed by atoms with Gasteiger partial charge in [-0.3, -0.25) is 4.67 Å². The van der Waals surface area contributed by atoms with Gasteiger partial charge in [-0.15, -0.1) is 0 Å². The maximum atomic E-state index is 2.83. The van der Waals surface area contributed by atoms with Crippen LogP contribution in [0.5, 0.6) is 0 Å². The summed E-state index contributed by atoms with van der Waals surface area (Å²) in [6, 6.07) is 45.9. The van der Waals surface area contributed by atoms with E-state index in [-0.39, 0.29) is 12.1 Å². The second-order valence-electron chi connectivity index (χ2n) is 11.9. The average molecular weight is 566 g/mol. The Morgan fingerprint density at radius 3 is 1.21 bits per heavy atom. The van der Waals surface area contributed by atoms with E-state index in [0.717, 1.165) is 0 Å². The predicted octanol–water partition coefficient (Wildman–Crippen LogP) is 10.4. The normalized spacial score (nSPS) is 13.2. The minimum atomic E-state index is -0.883. The van der Waals surface area contributed by atoms with Crippen molar-refractivity contribution in [3.05, 3.63) is 155 Å². The molecule has 2 heteroatoms. The van der Waals surface area contributed by atoms with Crippen molar-refractivity contribution in [3.63, 3.8) is 0 Å². The molecule has 210 valence electrons. The van der Waals surface area contributed by atoms with Crippen LogP contribution in [-0.2, 0) is 0 Å². The third kappa shape index (κ3) is 5.52. The molecule has 0 N–H and O–H groups in total. The van der Waals surface area contributed by atoms with Crippen molar-refractivity contribution in [1.82, 2.24) is 4.67 Å². The zero-order valence-corrected chi connectivity index (χ0v) is 26.5. The quantitative estimate of drug-likeness (QED) is 0.174. The smallest absolute Gasteiger partial charge is 0.0375 e. The summed E-state index contributed by atoms with van der Waals surface area (Å²) in [6.45, 7) is 13.8. The Kier molecular flexibility index (Phi) is 8.00. The molecule has 0 radical (unpaired) electrons. The van der Waals surface area contributed by atoms with Gasteiger partial charge in [0.05, 0.1) is 0 Å². The molecule has 0 amide bonds. The van der Waals surface area contributed by atoms with Crippen LogP contribution in [0.2, 0.25) is 0 Å². The van der Waals surface area contributed by atoms with Crippen molar-refractivity contribution in [2.24, 2.45) is 0 Å². The Morgan fingerprint density at radius 2 is 0.810 bits per heavy atom. The number of benzene rings is 6. The molecule has 0 bridgehead atoms. The first-order valence-electron chi connectivity index (χ1n) is 15.0. The molecule has 6 aromatic rings. The summed E-state index contributed by atoms with van der Waals surface area (Å²) < 4.78 is 2.83. The standard InChI is InChI=1S/C40H40NP/c1-27-21-28(2)24-35(23-27)42(36-25-29(3)22-30(4)26-36)41(31(5)37-19-11-15-33-13-7-9-17-39(33)37)32(6)38-20-12-16-34-14-8-10-18-40(34)38/h7-26,31-32H,1-6H3/t31-,32-/m1/s1. The molecule has 0 unspecified atom stereocenters. The SMILES string of the molecule is Cc1cc(C)cc(P(c2cc(C)cc(C)c2)N([C@H](C)c2cccc3ccccc23)[C@H](C)c2cccc3ccccc23)c1. The third-order valence-corrected chi connectivity index (χ3v) is 11.1. The van der Waals surface area contributed by atoms with Crippen LogP contribution in [-0.4, -0.2) is 4.67 Å². The van der Waals surface area contributed by atoms with E-state index in [9.17, 15) is 0 Å². The third-order valence-electron chi connectivity index (χ3n) is 8.47. The van der Waals surface area contributed by atoms with Crippen LogP contribution in [0.1, 0.15) is 59.3 Å². The van der Waals surface area contributed by atoms with E-state index in [1.54, 1.807) is 0 Å². The predicted molar refractivity (Wildman–Crippen MR) is 185 cm³/mol. The van der Waals surface area contributed by atoms with E-state index in [0.29, 0.717) is 0 Å². The molecule has 0 aromatic heterocycles. The van der Waals surface area contributed by atoms with Crippen LogP contribution in [0.15, 0.2) is 121 Å². The maximum Gasteiger partial charge on any atom is 0.0375 e. The monoisotopic (exact) mass is 565 g/mol. The van der Waals surface area contributed by atoms with Gasteiger partial charge in [0.15, 0.2) is 0 Å². The molecule has 0 fully saturated rings. The first-order valence-corrected chi connectivity index (χ1v) is 16.3. The summed E-state index contributed by atoms with van der Waals surface area (Å²) >= 11 is 0. The van der Waals surface area contributed by atoms with Crippen LogP contribution >= 0.6 is 8.07 Å². The minimum Gasteiger partial charge on any atom is -0.261 e. The van der Waals surface area contributed by atoms with Crippen molar-refractivity contribution >= 4 is 40.2 Å². The number of fused-ring (bicyclic) bond motifs is 2. The Hall–Kier alpha value is -3.77. The Labute approximate surface area is 252 Å². The van der Waals surface area contributed by atoms with Gasteiger partial charge in [0.25, 0.3) is 0 Å². The molecular formula is C40H40NP. The molecule has 0 heterocycles. The highest BCUT2D eigenvalue weighted by atomic mass is 31.1. The summed E-state index contributed by atoms with van der Waals surface area (Å²) in [5.41, 5.74) is 8.02. The van der Waals surface area contributed by atoms with E-state index in [4.69, 9.17) is 0 Å². The highest BCUT2D eigenvalue weighted by Crippen LogP contribution is 2.52. The van der Waals surface area contributed by atoms with Crippen molar-refractivity contribution in [2.45, 2.75) is 53.6 Å². The van der Waals surface area contributed by atoms with E-state index in [1.807, 2.05) is 0 Å². The minimum absolute atomic E-state index is 0.165. The van der Waals surface area contributed by atoms with Gasteiger partial charge in [-0.05, 0) is 109 Å². The van der Waals surface area contributed by atoms with Gasteiger partial charge in [-0.2, -0.15) is 0 Å². The molecular weight excluding hydrogens is 525 g/mol. The van der Waals surface area contributed by atoms with Crippen molar-refractivity contribution in [3.8, 4) is 0 Å². The number of aryl methyl sites for hydroxylation is 4. The lowest BCUT2D eigenvalue weighted by Crippen LogP contribution is -2.34. The van der Waals surface area contributed by atoms with Gasteiger partial charge >= 0.3 is 0 Å². The summed E-state index contributed by atoms with van der Waals surface area (Å²) in [5.74, 6) is 0. The van der Waals surface area contributed by atoms with E-state index < -0.39 is 8.07 Å². The fourth-order valence-corrected chi connectivity index (χ4v) is 9.83. The lowest BCUT2D eigenvalue weighted by Gasteiger charge is -2.42. The highest BCUT2D eigenvalue weighted by molar-refractivity contribution is 7.70.